The average Bonchev–Trinajstić information content (AvgIpc) is 2.72. The van der Waals surface area contributed by atoms with E-state index in [1.54, 1.807) is 12.1 Å². The number of hydrogen-bond donors (Lipinski definition) is 1. The zero-order valence-electron chi connectivity index (χ0n) is 14.0. The molecule has 5 heteroatoms. The predicted octanol–water partition coefficient (Wildman–Crippen LogP) is 4.13. The minimum Gasteiger partial charge on any atom is -0.346 e. The Kier molecular flexibility index (Phi) is 4.26. The maximum atomic E-state index is 13.4. The van der Waals surface area contributed by atoms with Gasteiger partial charge in [0, 0.05) is 23.1 Å². The van der Waals surface area contributed by atoms with E-state index in [0.717, 1.165) is 37.3 Å². The molecule has 2 aliphatic heterocycles. The summed E-state index contributed by atoms with van der Waals surface area (Å²) < 4.78 is 15.7. The Morgan fingerprint density at radius 3 is 2.64 bits per heavy atom. The molecule has 0 unspecified atom stereocenters. The Morgan fingerprint density at radius 1 is 1.08 bits per heavy atom. The van der Waals surface area contributed by atoms with Crippen LogP contribution in [0.25, 0.3) is 0 Å². The summed E-state index contributed by atoms with van der Waals surface area (Å²) in [4.78, 5) is 1.98. The summed E-state index contributed by atoms with van der Waals surface area (Å²) in [5.41, 5.74) is 0.318. The zero-order valence-corrected chi connectivity index (χ0v) is 14.7. The lowest BCUT2D eigenvalue weighted by Crippen LogP contribution is -2.47. The monoisotopic (exact) mass is 359 g/mol. The van der Waals surface area contributed by atoms with Crippen molar-refractivity contribution in [2.45, 2.75) is 31.4 Å². The van der Waals surface area contributed by atoms with Crippen molar-refractivity contribution in [3.63, 3.8) is 0 Å². The number of benzene rings is 2. The zero-order chi connectivity index (χ0) is 17.4. The quantitative estimate of drug-likeness (QED) is 0.816. The third-order valence-corrected chi connectivity index (χ3v) is 5.34. The van der Waals surface area contributed by atoms with Crippen molar-refractivity contribution in [1.29, 1.82) is 0 Å². The lowest BCUT2D eigenvalue weighted by Gasteiger charge is -2.29. The van der Waals surface area contributed by atoms with E-state index in [1.807, 2.05) is 29.2 Å². The maximum absolute atomic E-state index is 13.4. The molecule has 0 bridgehead atoms. The Balaban J connectivity index is 1.84. The van der Waals surface area contributed by atoms with Crippen molar-refractivity contribution in [3.8, 4) is 0 Å². The van der Waals surface area contributed by atoms with Crippen molar-refractivity contribution in [1.82, 2.24) is 0 Å². The molecule has 4 rings (SSSR count). The van der Waals surface area contributed by atoms with Gasteiger partial charge in [-0.15, -0.1) is 0 Å². The Bertz CT molecular complexity index is 821. The molecule has 2 aliphatic rings. The largest absolute Gasteiger partial charge is 0.346 e. The number of hydrogen-bond acceptors (Lipinski definition) is 2. The van der Waals surface area contributed by atoms with Gasteiger partial charge in [0.05, 0.1) is 6.54 Å². The van der Waals surface area contributed by atoms with Gasteiger partial charge in [0.2, 0.25) is 0 Å². The number of amidine groups is 1. The van der Waals surface area contributed by atoms with E-state index in [-0.39, 0.29) is 5.82 Å². The molecule has 0 saturated heterocycles. The van der Waals surface area contributed by atoms with Crippen LogP contribution in [-0.2, 0) is 5.72 Å². The van der Waals surface area contributed by atoms with E-state index < -0.39 is 5.72 Å². The molecule has 1 N–H and O–H groups in total. The van der Waals surface area contributed by atoms with Crippen LogP contribution in [0.4, 0.5) is 10.1 Å². The summed E-state index contributed by atoms with van der Waals surface area (Å²) >= 11 is 6.21. The van der Waals surface area contributed by atoms with E-state index in [4.69, 9.17) is 11.6 Å². The summed E-state index contributed by atoms with van der Waals surface area (Å²) in [6.07, 6.45) is 4.32. The molecule has 0 saturated carbocycles. The first-order valence-electron chi connectivity index (χ1n) is 8.73. The van der Waals surface area contributed by atoms with E-state index in [9.17, 15) is 9.50 Å². The molecule has 0 amide bonds. The molecule has 0 spiro atoms. The average molecular weight is 360 g/mol. The smallest absolute Gasteiger partial charge is 0.275 e. The van der Waals surface area contributed by atoms with Crippen LogP contribution in [0.3, 0.4) is 0 Å². The van der Waals surface area contributed by atoms with Gasteiger partial charge in [-0.05, 0) is 55.7 Å². The molecule has 1 atom stereocenters. The number of halogens is 2. The summed E-state index contributed by atoms with van der Waals surface area (Å²) in [7, 11) is 0. The van der Waals surface area contributed by atoms with Gasteiger partial charge in [-0.1, -0.05) is 17.7 Å². The highest BCUT2D eigenvalue weighted by molar-refractivity contribution is 6.30. The highest BCUT2D eigenvalue weighted by atomic mass is 35.5. The van der Waals surface area contributed by atoms with Crippen LogP contribution in [-0.4, -0.2) is 28.6 Å². The fourth-order valence-corrected chi connectivity index (χ4v) is 4.12. The predicted molar refractivity (Wildman–Crippen MR) is 97.7 cm³/mol. The second-order valence-corrected chi connectivity index (χ2v) is 7.22. The molecule has 2 aromatic carbocycles. The highest BCUT2D eigenvalue weighted by Crippen LogP contribution is 2.38. The van der Waals surface area contributed by atoms with Crippen LogP contribution in [0.15, 0.2) is 48.5 Å². The second-order valence-electron chi connectivity index (χ2n) is 6.79. The molecule has 0 fully saturated rings. The molecule has 2 aromatic rings. The van der Waals surface area contributed by atoms with E-state index in [1.165, 1.54) is 18.6 Å². The van der Waals surface area contributed by atoms with E-state index in [0.29, 0.717) is 17.1 Å². The van der Waals surface area contributed by atoms with E-state index >= 15 is 0 Å². The van der Waals surface area contributed by atoms with Crippen LogP contribution in [0, 0.1) is 5.82 Å². The Morgan fingerprint density at radius 2 is 1.88 bits per heavy atom. The lowest BCUT2D eigenvalue weighted by atomic mass is 10.00. The fraction of sp³-hybridized carbons (Fsp3) is 0.350. The molecular formula is C20H21ClFN2O+. The first-order chi connectivity index (χ1) is 12.1. The number of aliphatic hydroxyl groups is 1. The van der Waals surface area contributed by atoms with Crippen molar-refractivity contribution < 1.29 is 14.1 Å². The van der Waals surface area contributed by atoms with Gasteiger partial charge in [0.25, 0.3) is 11.6 Å². The standard InChI is InChI=1S/C20H21ClFN2O/c21-16-5-4-6-18(13-16)24-19-7-2-1-3-12-23(19)14-20(24,25)15-8-10-17(22)11-9-15/h4-6,8-11,13,25H,1-3,7,12,14H2/q+1/t20-/m1/s1. The molecule has 0 radical (unpaired) electrons. The van der Waals surface area contributed by atoms with Crippen LogP contribution in [0.5, 0.6) is 0 Å². The Hall–Kier alpha value is -1.91. The van der Waals surface area contributed by atoms with Gasteiger partial charge in [0.15, 0.2) is 6.54 Å². The topological polar surface area (TPSA) is 26.5 Å². The molecular weight excluding hydrogens is 339 g/mol. The summed E-state index contributed by atoms with van der Waals surface area (Å²) in [6.45, 7) is 1.40. The molecule has 130 valence electrons. The van der Waals surface area contributed by atoms with E-state index in [2.05, 4.69) is 4.58 Å². The van der Waals surface area contributed by atoms with Gasteiger partial charge in [-0.2, -0.15) is 4.90 Å². The van der Waals surface area contributed by atoms with Crippen LogP contribution < -0.4 is 4.90 Å². The number of anilines is 1. The summed E-state index contributed by atoms with van der Waals surface area (Å²) in [5.74, 6) is 0.813. The second kappa shape index (κ2) is 6.43. The summed E-state index contributed by atoms with van der Waals surface area (Å²) in [6, 6.07) is 13.7. The first-order valence-corrected chi connectivity index (χ1v) is 9.11. The molecule has 0 aromatic heterocycles. The van der Waals surface area contributed by atoms with Gasteiger partial charge in [0.1, 0.15) is 11.5 Å². The molecule has 2 heterocycles. The lowest BCUT2D eigenvalue weighted by molar-refractivity contribution is -0.534. The maximum Gasteiger partial charge on any atom is 0.275 e. The third-order valence-electron chi connectivity index (χ3n) is 5.11. The molecule has 0 aliphatic carbocycles. The van der Waals surface area contributed by atoms with Gasteiger partial charge >= 0.3 is 0 Å². The van der Waals surface area contributed by atoms with Crippen LogP contribution in [0.1, 0.15) is 31.2 Å². The number of rotatable bonds is 2. The minimum absolute atomic E-state index is 0.304. The third kappa shape index (κ3) is 2.94. The number of nitrogens with zero attached hydrogens (tertiary/aromatic N) is 2. The first kappa shape index (κ1) is 16.6. The molecule has 3 nitrogen and oxygen atoms in total. The van der Waals surface area contributed by atoms with Crippen molar-refractivity contribution in [2.75, 3.05) is 18.0 Å². The van der Waals surface area contributed by atoms with Crippen LogP contribution >= 0.6 is 11.6 Å². The molecule has 25 heavy (non-hydrogen) atoms. The fourth-order valence-electron chi connectivity index (χ4n) is 3.94. The normalized spacial score (nSPS) is 23.6. The highest BCUT2D eigenvalue weighted by Gasteiger charge is 2.54. The van der Waals surface area contributed by atoms with Crippen LogP contribution in [0.2, 0.25) is 5.02 Å². The SMILES string of the molecule is O[C@@]1(c2ccc(F)cc2)C[N+]2=C(CCCCC2)N1c1cccc(Cl)c1. The summed E-state index contributed by atoms with van der Waals surface area (Å²) in [5, 5.41) is 12.3. The van der Waals surface area contributed by atoms with Gasteiger partial charge in [-0.3, -0.25) is 4.58 Å². The van der Waals surface area contributed by atoms with Crippen molar-refractivity contribution in [2.24, 2.45) is 0 Å². The minimum atomic E-state index is -1.23. The van der Waals surface area contributed by atoms with Crippen molar-refractivity contribution >= 4 is 23.1 Å². The van der Waals surface area contributed by atoms with Gasteiger partial charge < -0.3 is 5.11 Å². The van der Waals surface area contributed by atoms with Gasteiger partial charge in [-0.25, -0.2) is 4.39 Å². The Labute approximate surface area is 152 Å². The van der Waals surface area contributed by atoms with Crippen molar-refractivity contribution in [3.05, 3.63) is 64.9 Å².